The molecule has 0 saturated carbocycles. The van der Waals surface area contributed by atoms with E-state index >= 15 is 0 Å². The summed E-state index contributed by atoms with van der Waals surface area (Å²) in [5.41, 5.74) is 4.42. The van der Waals surface area contributed by atoms with Crippen molar-refractivity contribution in [3.05, 3.63) is 41.9 Å². The van der Waals surface area contributed by atoms with Crippen molar-refractivity contribution in [2.24, 2.45) is 5.73 Å². The lowest BCUT2D eigenvalue weighted by Crippen LogP contribution is -2.21. The largest absolute Gasteiger partial charge is 0.468 e. The Kier molecular flexibility index (Phi) is 6.46. The van der Waals surface area contributed by atoms with E-state index in [1.54, 1.807) is 6.92 Å². The Hall–Kier alpha value is -3.88. The number of aromatic nitrogens is 2. The summed E-state index contributed by atoms with van der Waals surface area (Å²) < 4.78 is 5.73. The Morgan fingerprint density at radius 2 is 1.87 bits per heavy atom. The van der Waals surface area contributed by atoms with Crippen LogP contribution in [0.5, 0.6) is 0 Å². The maximum absolute atomic E-state index is 12.4. The van der Waals surface area contributed by atoms with E-state index in [2.05, 4.69) is 10.4 Å². The quantitative estimate of drug-likeness (QED) is 0.344. The number of nitrogens with one attached hydrogen (secondary N) is 1. The number of hydrogen-bond donors (Lipinski definition) is 2. The zero-order chi connectivity index (χ0) is 22.7. The van der Waals surface area contributed by atoms with Crippen molar-refractivity contribution < 1.29 is 29.0 Å². The highest BCUT2D eigenvalue weighted by Crippen LogP contribution is 2.34. The van der Waals surface area contributed by atoms with Gasteiger partial charge in [0.2, 0.25) is 5.91 Å². The van der Waals surface area contributed by atoms with Crippen molar-refractivity contribution >= 4 is 45.6 Å². The standard InChI is InChI=1S/C15H16N6O8S/c1-4-29-15(24)9-6(2)11(12(16)23)30-14(9)17-8(22)5-19-7(3)10(20(25)26)13(18-19)21(27)28/h4-5H2,1-3H3,(H2,16,23)(H,17,22). The molecule has 0 spiro atoms. The third-order valence-corrected chi connectivity index (χ3v) is 5.13. The third kappa shape index (κ3) is 4.24. The SMILES string of the molecule is CCOC(=O)c1c(NC(=O)Cn2nc([N+](=O)[O-])c([N+](=O)[O-])c2C)sc(C(N)=O)c1C. The molecule has 14 nitrogen and oxygen atoms in total. The van der Waals surface area contributed by atoms with Crippen LogP contribution in [-0.4, -0.2) is 44.0 Å². The summed E-state index contributed by atoms with van der Waals surface area (Å²) in [6, 6.07) is 0. The first-order valence-corrected chi connectivity index (χ1v) is 9.07. The van der Waals surface area contributed by atoms with Crippen LogP contribution in [0.15, 0.2) is 0 Å². The number of carbonyl (C=O) groups is 3. The van der Waals surface area contributed by atoms with Crippen molar-refractivity contribution in [3.8, 4) is 0 Å². The van der Waals surface area contributed by atoms with E-state index in [9.17, 15) is 34.6 Å². The van der Waals surface area contributed by atoms with Gasteiger partial charge in [0.25, 0.3) is 5.91 Å². The number of ether oxygens (including phenoxy) is 1. The highest BCUT2D eigenvalue weighted by atomic mass is 32.1. The van der Waals surface area contributed by atoms with Crippen molar-refractivity contribution in [2.45, 2.75) is 27.3 Å². The van der Waals surface area contributed by atoms with Gasteiger partial charge in [-0.15, -0.1) is 11.3 Å². The van der Waals surface area contributed by atoms with Gasteiger partial charge in [-0.1, -0.05) is 0 Å². The molecule has 0 fully saturated rings. The number of carbonyl (C=O) groups excluding carboxylic acids is 3. The fourth-order valence-corrected chi connectivity index (χ4v) is 3.66. The van der Waals surface area contributed by atoms with Crippen molar-refractivity contribution in [2.75, 3.05) is 11.9 Å². The van der Waals surface area contributed by atoms with Crippen LogP contribution in [0.25, 0.3) is 0 Å². The highest BCUT2D eigenvalue weighted by molar-refractivity contribution is 7.18. The highest BCUT2D eigenvalue weighted by Gasteiger charge is 2.36. The first-order chi connectivity index (χ1) is 14.0. The van der Waals surface area contributed by atoms with E-state index in [0.29, 0.717) is 0 Å². The van der Waals surface area contributed by atoms with E-state index in [4.69, 9.17) is 10.5 Å². The summed E-state index contributed by atoms with van der Waals surface area (Å²) in [5, 5.41) is 27.9. The summed E-state index contributed by atoms with van der Waals surface area (Å²) in [5.74, 6) is -3.39. The number of nitrogens with two attached hydrogens (primary N) is 1. The van der Waals surface area contributed by atoms with Gasteiger partial charge in [0, 0.05) is 0 Å². The molecule has 2 amide bonds. The minimum Gasteiger partial charge on any atom is -0.462 e. The average molecular weight is 440 g/mol. The Bertz CT molecular complexity index is 1070. The van der Waals surface area contributed by atoms with E-state index in [0.717, 1.165) is 16.0 Å². The maximum Gasteiger partial charge on any atom is 0.468 e. The molecule has 0 radical (unpaired) electrons. The fourth-order valence-electron chi connectivity index (χ4n) is 2.60. The van der Waals surface area contributed by atoms with Gasteiger partial charge < -0.3 is 25.9 Å². The second kappa shape index (κ2) is 8.64. The summed E-state index contributed by atoms with van der Waals surface area (Å²) in [6.07, 6.45) is 0. The topological polar surface area (TPSA) is 203 Å². The summed E-state index contributed by atoms with van der Waals surface area (Å²) >= 11 is 0.756. The van der Waals surface area contributed by atoms with Crippen LogP contribution in [0, 0.1) is 34.1 Å². The molecule has 0 saturated heterocycles. The van der Waals surface area contributed by atoms with Crippen LogP contribution in [0.2, 0.25) is 0 Å². The second-order valence-electron chi connectivity index (χ2n) is 5.82. The van der Waals surface area contributed by atoms with E-state index in [1.165, 1.54) is 13.8 Å². The minimum absolute atomic E-state index is 0.0152. The first-order valence-electron chi connectivity index (χ1n) is 8.25. The number of amides is 2. The molecule has 2 rings (SSSR count). The molecule has 0 unspecified atom stereocenters. The Balaban J connectivity index is 2.38. The van der Waals surface area contributed by atoms with Gasteiger partial charge in [0.05, 0.1) is 27.1 Å². The molecule has 15 heteroatoms. The van der Waals surface area contributed by atoms with Gasteiger partial charge in [-0.3, -0.25) is 19.7 Å². The van der Waals surface area contributed by atoms with E-state index in [-0.39, 0.29) is 33.3 Å². The number of nitrogens with zero attached hydrogens (tertiary/aromatic N) is 4. The molecule has 0 aromatic carbocycles. The molecule has 0 bridgehead atoms. The van der Waals surface area contributed by atoms with Gasteiger partial charge in [0.15, 0.2) is 0 Å². The number of primary amides is 1. The Morgan fingerprint density at radius 3 is 2.33 bits per heavy atom. The number of rotatable bonds is 8. The molecular formula is C15H16N6O8S. The van der Waals surface area contributed by atoms with Crippen LogP contribution in [-0.2, 0) is 16.1 Å². The van der Waals surface area contributed by atoms with E-state index in [1.807, 2.05) is 0 Å². The molecule has 2 aromatic heterocycles. The van der Waals surface area contributed by atoms with Gasteiger partial charge in [-0.05, 0) is 31.3 Å². The Morgan fingerprint density at radius 1 is 1.23 bits per heavy atom. The molecule has 0 atom stereocenters. The number of nitro groups is 2. The second-order valence-corrected chi connectivity index (χ2v) is 6.84. The third-order valence-electron chi connectivity index (χ3n) is 3.91. The lowest BCUT2D eigenvalue weighted by molar-refractivity contribution is -0.424. The molecule has 0 aliphatic heterocycles. The molecule has 30 heavy (non-hydrogen) atoms. The number of esters is 1. The van der Waals surface area contributed by atoms with Crippen molar-refractivity contribution in [1.29, 1.82) is 0 Å². The number of thiophene rings is 1. The smallest absolute Gasteiger partial charge is 0.462 e. The Labute approximate surface area is 171 Å². The summed E-state index contributed by atoms with van der Waals surface area (Å²) in [6.45, 7) is 3.67. The predicted molar refractivity (Wildman–Crippen MR) is 102 cm³/mol. The molecule has 0 aliphatic rings. The lowest BCUT2D eigenvalue weighted by Gasteiger charge is -2.06. The van der Waals surface area contributed by atoms with Gasteiger partial charge >= 0.3 is 17.5 Å². The molecule has 2 heterocycles. The first kappa shape index (κ1) is 22.4. The monoisotopic (exact) mass is 440 g/mol. The average Bonchev–Trinajstić information content (AvgIpc) is 3.12. The molecule has 3 N–H and O–H groups in total. The van der Waals surface area contributed by atoms with E-state index < -0.39 is 45.7 Å². The van der Waals surface area contributed by atoms with Gasteiger partial charge in [-0.2, -0.15) is 4.68 Å². The molecule has 160 valence electrons. The van der Waals surface area contributed by atoms with Crippen LogP contribution >= 0.6 is 11.3 Å². The molecular weight excluding hydrogens is 424 g/mol. The zero-order valence-electron chi connectivity index (χ0n) is 16.0. The van der Waals surface area contributed by atoms with Gasteiger partial charge in [0.1, 0.15) is 17.2 Å². The molecule has 0 aliphatic carbocycles. The summed E-state index contributed by atoms with van der Waals surface area (Å²) in [7, 11) is 0. The number of anilines is 1. The fraction of sp³-hybridized carbons (Fsp3) is 0.333. The van der Waals surface area contributed by atoms with Crippen molar-refractivity contribution in [1.82, 2.24) is 9.78 Å². The molecule has 2 aromatic rings. The van der Waals surface area contributed by atoms with Crippen molar-refractivity contribution in [3.63, 3.8) is 0 Å². The number of hydrogen-bond acceptors (Lipinski definition) is 10. The van der Waals surface area contributed by atoms with Crippen LogP contribution in [0.4, 0.5) is 16.5 Å². The van der Waals surface area contributed by atoms with Crippen LogP contribution < -0.4 is 11.1 Å². The van der Waals surface area contributed by atoms with Gasteiger partial charge in [-0.25, -0.2) is 4.79 Å². The summed E-state index contributed by atoms with van der Waals surface area (Å²) in [4.78, 5) is 56.4. The minimum atomic E-state index is -1.03. The zero-order valence-corrected chi connectivity index (χ0v) is 16.8. The van der Waals surface area contributed by atoms with Crippen LogP contribution in [0.1, 0.15) is 38.2 Å². The maximum atomic E-state index is 12.4. The predicted octanol–water partition coefficient (Wildman–Crippen LogP) is 1.29. The van der Waals surface area contributed by atoms with Crippen LogP contribution in [0.3, 0.4) is 0 Å². The lowest BCUT2D eigenvalue weighted by atomic mass is 10.1. The normalized spacial score (nSPS) is 10.5.